The van der Waals surface area contributed by atoms with Crippen molar-refractivity contribution in [1.29, 1.82) is 0 Å². The van der Waals surface area contributed by atoms with Crippen molar-refractivity contribution in [3.63, 3.8) is 0 Å². The Morgan fingerprint density at radius 1 is 1.14 bits per heavy atom. The summed E-state index contributed by atoms with van der Waals surface area (Å²) >= 11 is 0. The fourth-order valence-corrected chi connectivity index (χ4v) is 2.54. The molecule has 0 radical (unpaired) electrons. The molecule has 1 atom stereocenters. The molecule has 1 aliphatic carbocycles. The van der Waals surface area contributed by atoms with Crippen LogP contribution in [0.25, 0.3) is 0 Å². The van der Waals surface area contributed by atoms with Crippen molar-refractivity contribution >= 4 is 0 Å². The molecule has 14 heavy (non-hydrogen) atoms. The summed E-state index contributed by atoms with van der Waals surface area (Å²) in [4.78, 5) is 2.78. The smallest absolute Gasteiger partial charge is 0.0101 e. The van der Waals surface area contributed by atoms with Crippen LogP contribution in [0, 0.1) is 5.92 Å². The highest BCUT2D eigenvalue weighted by atomic mass is 15.2. The van der Waals surface area contributed by atoms with Crippen LogP contribution in [0.15, 0.2) is 0 Å². The van der Waals surface area contributed by atoms with Gasteiger partial charge >= 0.3 is 0 Å². The number of nitrogens with zero attached hydrogens (tertiary/aromatic N) is 1. The molecule has 0 bridgehead atoms. The molecule has 1 heterocycles. The molecule has 0 N–H and O–H groups in total. The first-order valence-electron chi connectivity index (χ1n) is 6.53. The monoisotopic (exact) mass is 197 g/mol. The van der Waals surface area contributed by atoms with Gasteiger partial charge in [0.2, 0.25) is 0 Å². The Morgan fingerprint density at radius 3 is 2.29 bits per heavy atom. The zero-order chi connectivity index (χ0) is 10.6. The van der Waals surface area contributed by atoms with E-state index in [9.17, 15) is 0 Å². The molecule has 1 saturated carbocycles. The lowest BCUT2D eigenvalue weighted by Crippen LogP contribution is -2.32. The first kappa shape index (κ1) is 12.0. The minimum atomic E-state index is 0.884. The molecule has 0 aromatic carbocycles. The van der Waals surface area contributed by atoms with Gasteiger partial charge in [-0.1, -0.05) is 27.7 Å². The van der Waals surface area contributed by atoms with Crippen LogP contribution in [0.5, 0.6) is 0 Å². The predicted molar refractivity (Wildman–Crippen MR) is 63.6 cm³/mol. The average molecular weight is 197 g/mol. The molecule has 1 saturated heterocycles. The van der Waals surface area contributed by atoms with Crippen molar-refractivity contribution in [2.24, 2.45) is 5.92 Å². The van der Waals surface area contributed by atoms with E-state index in [0.717, 1.165) is 18.0 Å². The number of rotatable bonds is 3. The highest BCUT2D eigenvalue weighted by Gasteiger charge is 2.36. The summed E-state index contributed by atoms with van der Waals surface area (Å²) in [5, 5.41) is 0. The Balaban J connectivity index is 0.000000461. The molecule has 0 aromatic heterocycles. The van der Waals surface area contributed by atoms with E-state index in [1.807, 2.05) is 13.8 Å². The van der Waals surface area contributed by atoms with E-state index >= 15 is 0 Å². The molecule has 0 aromatic rings. The fourth-order valence-electron chi connectivity index (χ4n) is 2.54. The molecule has 1 aliphatic heterocycles. The van der Waals surface area contributed by atoms with Crippen molar-refractivity contribution in [1.82, 2.24) is 4.90 Å². The molecule has 2 fully saturated rings. The molecule has 1 nitrogen and oxygen atoms in total. The normalized spacial score (nSPS) is 27.6. The topological polar surface area (TPSA) is 3.24 Å². The van der Waals surface area contributed by atoms with Crippen molar-refractivity contribution in [3.05, 3.63) is 0 Å². The first-order valence-corrected chi connectivity index (χ1v) is 6.53. The Hall–Kier alpha value is -0.0400. The maximum atomic E-state index is 2.78. The summed E-state index contributed by atoms with van der Waals surface area (Å²) in [7, 11) is 0. The third-order valence-corrected chi connectivity index (χ3v) is 3.18. The summed E-state index contributed by atoms with van der Waals surface area (Å²) in [5.41, 5.74) is 0. The van der Waals surface area contributed by atoms with Gasteiger partial charge < -0.3 is 0 Å². The molecular formula is C13H27N. The molecule has 84 valence electrons. The van der Waals surface area contributed by atoms with Crippen LogP contribution in [0.3, 0.4) is 0 Å². The summed E-state index contributed by atoms with van der Waals surface area (Å²) in [6.07, 6.45) is 7.31. The molecule has 0 spiro atoms. The van der Waals surface area contributed by atoms with Crippen LogP contribution in [-0.2, 0) is 0 Å². The van der Waals surface area contributed by atoms with Crippen molar-refractivity contribution in [2.75, 3.05) is 6.54 Å². The van der Waals surface area contributed by atoms with Crippen LogP contribution >= 0.6 is 0 Å². The van der Waals surface area contributed by atoms with Gasteiger partial charge in [-0.25, -0.2) is 0 Å². The highest BCUT2D eigenvalue weighted by molar-refractivity contribution is 4.92. The summed E-state index contributed by atoms with van der Waals surface area (Å²) in [6, 6.07) is 1.94. The zero-order valence-electron chi connectivity index (χ0n) is 10.4. The standard InChI is InChI=1S/C11H21N.C2H6/c1-9(2)8-11-4-3-7-12(11)10-5-6-10;1-2/h9-11H,3-8H2,1-2H3;1-2H3. The summed E-state index contributed by atoms with van der Waals surface area (Å²) < 4.78 is 0. The molecule has 1 unspecified atom stereocenters. The minimum Gasteiger partial charge on any atom is -0.297 e. The second-order valence-corrected chi connectivity index (χ2v) is 4.89. The van der Waals surface area contributed by atoms with E-state index in [1.54, 1.807) is 0 Å². The molecule has 1 heteroatoms. The summed E-state index contributed by atoms with van der Waals surface area (Å²) in [5.74, 6) is 0.884. The third kappa shape index (κ3) is 3.27. The van der Waals surface area contributed by atoms with Gasteiger partial charge in [0.25, 0.3) is 0 Å². The van der Waals surface area contributed by atoms with Crippen LogP contribution in [0.1, 0.15) is 59.8 Å². The van der Waals surface area contributed by atoms with Crippen LogP contribution in [0.2, 0.25) is 0 Å². The summed E-state index contributed by atoms with van der Waals surface area (Å²) in [6.45, 7) is 10.1. The van der Waals surface area contributed by atoms with E-state index in [2.05, 4.69) is 18.7 Å². The largest absolute Gasteiger partial charge is 0.297 e. The lowest BCUT2D eigenvalue weighted by atomic mass is 10.0. The number of hydrogen-bond donors (Lipinski definition) is 0. The van der Waals surface area contributed by atoms with E-state index in [0.29, 0.717) is 0 Å². The van der Waals surface area contributed by atoms with E-state index in [-0.39, 0.29) is 0 Å². The maximum absolute atomic E-state index is 2.78. The van der Waals surface area contributed by atoms with E-state index in [1.165, 1.54) is 38.6 Å². The van der Waals surface area contributed by atoms with Crippen molar-refractivity contribution in [3.8, 4) is 0 Å². The van der Waals surface area contributed by atoms with Crippen molar-refractivity contribution < 1.29 is 0 Å². The van der Waals surface area contributed by atoms with Gasteiger partial charge in [-0.3, -0.25) is 4.90 Å². The first-order chi connectivity index (χ1) is 6.77. The van der Waals surface area contributed by atoms with Gasteiger partial charge in [0.05, 0.1) is 0 Å². The van der Waals surface area contributed by atoms with E-state index < -0.39 is 0 Å². The molecule has 2 aliphatic rings. The van der Waals surface area contributed by atoms with Crippen LogP contribution < -0.4 is 0 Å². The average Bonchev–Trinajstić information content (AvgIpc) is 2.91. The SMILES string of the molecule is CC.CC(C)CC1CCCN1C1CC1. The lowest BCUT2D eigenvalue weighted by molar-refractivity contribution is 0.217. The second kappa shape index (κ2) is 5.75. The minimum absolute atomic E-state index is 0.884. The van der Waals surface area contributed by atoms with Crippen LogP contribution in [0.4, 0.5) is 0 Å². The molecule has 0 amide bonds. The van der Waals surface area contributed by atoms with Crippen molar-refractivity contribution in [2.45, 2.75) is 71.9 Å². The number of hydrogen-bond acceptors (Lipinski definition) is 1. The maximum Gasteiger partial charge on any atom is 0.0101 e. The lowest BCUT2D eigenvalue weighted by Gasteiger charge is -2.25. The predicted octanol–water partition coefficient (Wildman–Crippen LogP) is 3.69. The third-order valence-electron chi connectivity index (χ3n) is 3.18. The van der Waals surface area contributed by atoms with Gasteiger partial charge in [-0.15, -0.1) is 0 Å². The molecule has 2 rings (SSSR count). The zero-order valence-corrected chi connectivity index (χ0v) is 10.4. The van der Waals surface area contributed by atoms with Gasteiger partial charge in [-0.05, 0) is 44.6 Å². The fraction of sp³-hybridized carbons (Fsp3) is 1.00. The van der Waals surface area contributed by atoms with Gasteiger partial charge in [-0.2, -0.15) is 0 Å². The highest BCUT2D eigenvalue weighted by Crippen LogP contribution is 2.35. The Labute approximate surface area is 89.9 Å². The van der Waals surface area contributed by atoms with Crippen LogP contribution in [-0.4, -0.2) is 23.5 Å². The Kier molecular flexibility index (Phi) is 4.94. The van der Waals surface area contributed by atoms with Gasteiger partial charge in [0.1, 0.15) is 0 Å². The van der Waals surface area contributed by atoms with E-state index in [4.69, 9.17) is 0 Å². The Morgan fingerprint density at radius 2 is 1.79 bits per heavy atom. The second-order valence-electron chi connectivity index (χ2n) is 4.89. The molecular weight excluding hydrogens is 170 g/mol. The number of likely N-dealkylation sites (tertiary alicyclic amines) is 1. The quantitative estimate of drug-likeness (QED) is 0.667. The van der Waals surface area contributed by atoms with Gasteiger partial charge in [0.15, 0.2) is 0 Å². The van der Waals surface area contributed by atoms with Gasteiger partial charge in [0, 0.05) is 12.1 Å². The Bertz CT molecular complexity index is 149.